The Kier molecular flexibility index (Phi) is 6.19. The maximum Gasteiger partial charge on any atom is 0.347 e. The summed E-state index contributed by atoms with van der Waals surface area (Å²) in [7, 11) is -2.36. The first kappa shape index (κ1) is 20.8. The van der Waals surface area contributed by atoms with Gasteiger partial charge in [-0.2, -0.15) is 0 Å². The lowest BCUT2D eigenvalue weighted by atomic mass is 10.0. The Morgan fingerprint density at radius 3 is 2.55 bits per heavy atom. The number of ether oxygens (including phenoxy) is 3. The van der Waals surface area contributed by atoms with Gasteiger partial charge in [-0.15, -0.1) is 0 Å². The van der Waals surface area contributed by atoms with E-state index in [4.69, 9.17) is 14.2 Å². The monoisotopic (exact) mass is 419 g/mol. The molecule has 1 aliphatic heterocycles. The number of rotatable bonds is 8. The minimum atomic E-state index is -3.84. The molecular weight excluding hydrogens is 398 g/mol. The highest BCUT2D eigenvalue weighted by molar-refractivity contribution is 7.89. The van der Waals surface area contributed by atoms with Crippen molar-refractivity contribution in [1.82, 2.24) is 4.72 Å². The zero-order valence-electron chi connectivity index (χ0n) is 16.0. The van der Waals surface area contributed by atoms with Crippen molar-refractivity contribution in [2.45, 2.75) is 24.3 Å². The largest absolute Gasteiger partial charge is 0.497 e. The van der Waals surface area contributed by atoms with Crippen molar-refractivity contribution in [3.05, 3.63) is 53.6 Å². The third-order valence-electron chi connectivity index (χ3n) is 4.40. The van der Waals surface area contributed by atoms with Crippen LogP contribution in [0.15, 0.2) is 47.4 Å². The predicted octanol–water partition coefficient (Wildman–Crippen LogP) is 1.72. The number of ketones is 1. The summed E-state index contributed by atoms with van der Waals surface area (Å²) in [6, 6.07) is 10.6. The molecule has 0 fully saturated rings. The number of nitrogens with one attached hydrogen (secondary N) is 1. The van der Waals surface area contributed by atoms with Crippen molar-refractivity contribution in [3.63, 3.8) is 0 Å². The summed E-state index contributed by atoms with van der Waals surface area (Å²) in [5, 5.41) is 0. The molecule has 2 aromatic rings. The van der Waals surface area contributed by atoms with Gasteiger partial charge in [0.1, 0.15) is 11.5 Å². The molecule has 0 bridgehead atoms. The van der Waals surface area contributed by atoms with Gasteiger partial charge in [0, 0.05) is 12.0 Å². The lowest BCUT2D eigenvalue weighted by molar-refractivity contribution is -0.150. The van der Waals surface area contributed by atoms with Crippen molar-refractivity contribution in [2.75, 3.05) is 20.3 Å². The molecule has 9 heteroatoms. The molecule has 0 saturated heterocycles. The topological polar surface area (TPSA) is 108 Å². The minimum Gasteiger partial charge on any atom is -0.497 e. The molecule has 3 rings (SSSR count). The zero-order chi connectivity index (χ0) is 21.0. The third kappa shape index (κ3) is 4.75. The van der Waals surface area contributed by atoms with Crippen LogP contribution >= 0.6 is 0 Å². The summed E-state index contributed by atoms with van der Waals surface area (Å²) in [5.74, 6) is 0.188. The molecule has 1 heterocycles. The molecule has 1 aliphatic rings. The van der Waals surface area contributed by atoms with Crippen molar-refractivity contribution in [1.29, 1.82) is 0 Å². The number of hydrogen-bond acceptors (Lipinski definition) is 7. The van der Waals surface area contributed by atoms with Crippen LogP contribution in [-0.2, 0) is 26.0 Å². The fourth-order valence-electron chi connectivity index (χ4n) is 2.89. The third-order valence-corrected chi connectivity index (χ3v) is 5.82. The first-order valence-corrected chi connectivity index (χ1v) is 10.5. The van der Waals surface area contributed by atoms with E-state index in [1.54, 1.807) is 19.1 Å². The number of carbonyl (C=O) groups excluding carboxylic acids is 2. The van der Waals surface area contributed by atoms with Gasteiger partial charge in [0.2, 0.25) is 10.0 Å². The fourth-order valence-corrected chi connectivity index (χ4v) is 3.87. The molecule has 1 atom stereocenters. The molecule has 1 unspecified atom stereocenters. The Bertz CT molecular complexity index is 1020. The Hall–Kier alpha value is -2.91. The Balaban J connectivity index is 1.65. The minimum absolute atomic E-state index is 0.0331. The van der Waals surface area contributed by atoms with E-state index in [1.807, 2.05) is 0 Å². The maximum atomic E-state index is 12.5. The van der Waals surface area contributed by atoms with Crippen LogP contribution in [0.4, 0.5) is 0 Å². The number of hydrogen-bond donors (Lipinski definition) is 1. The van der Waals surface area contributed by atoms with Crippen LogP contribution < -0.4 is 14.2 Å². The van der Waals surface area contributed by atoms with E-state index in [0.29, 0.717) is 29.0 Å². The van der Waals surface area contributed by atoms with Crippen molar-refractivity contribution >= 4 is 21.8 Å². The highest BCUT2D eigenvalue weighted by Gasteiger charge is 2.30. The Morgan fingerprint density at radius 1 is 1.17 bits per heavy atom. The number of esters is 1. The number of fused-ring (bicyclic) bond motifs is 1. The van der Waals surface area contributed by atoms with E-state index < -0.39 is 34.4 Å². The first-order chi connectivity index (χ1) is 13.8. The highest BCUT2D eigenvalue weighted by Crippen LogP contribution is 2.30. The Labute approximate surface area is 168 Å². The Morgan fingerprint density at radius 2 is 1.90 bits per heavy atom. The number of carbonyl (C=O) groups is 2. The van der Waals surface area contributed by atoms with Gasteiger partial charge < -0.3 is 14.2 Å². The van der Waals surface area contributed by atoms with Gasteiger partial charge >= 0.3 is 5.97 Å². The lowest BCUT2D eigenvalue weighted by Gasteiger charge is -2.08. The van der Waals surface area contributed by atoms with Gasteiger partial charge in [-0.1, -0.05) is 0 Å². The summed E-state index contributed by atoms with van der Waals surface area (Å²) in [4.78, 5) is 24.3. The van der Waals surface area contributed by atoms with E-state index >= 15 is 0 Å². The van der Waals surface area contributed by atoms with Crippen molar-refractivity contribution in [3.8, 4) is 11.5 Å². The fraction of sp³-hybridized carbons (Fsp3) is 0.300. The van der Waals surface area contributed by atoms with E-state index in [0.717, 1.165) is 0 Å². The number of sulfonamides is 1. The average molecular weight is 419 g/mol. The van der Waals surface area contributed by atoms with Gasteiger partial charge in [-0.05, 0) is 55.0 Å². The molecule has 154 valence electrons. The normalized spacial score (nSPS) is 15.3. The van der Waals surface area contributed by atoms with Crippen LogP contribution in [-0.4, -0.2) is 46.5 Å². The van der Waals surface area contributed by atoms with Crippen LogP contribution in [0.1, 0.15) is 22.8 Å². The quantitative estimate of drug-likeness (QED) is 0.513. The molecule has 29 heavy (non-hydrogen) atoms. The second-order valence-electron chi connectivity index (χ2n) is 6.31. The molecule has 1 N–H and O–H groups in total. The van der Waals surface area contributed by atoms with Crippen LogP contribution in [0.2, 0.25) is 0 Å². The highest BCUT2D eigenvalue weighted by atomic mass is 32.2. The molecule has 0 aliphatic carbocycles. The van der Waals surface area contributed by atoms with Gasteiger partial charge in [-0.3, -0.25) is 4.79 Å². The molecular formula is C20H21NO7S. The van der Waals surface area contributed by atoms with Gasteiger partial charge in [0.25, 0.3) is 0 Å². The van der Waals surface area contributed by atoms with Crippen LogP contribution in [0.25, 0.3) is 0 Å². The average Bonchev–Trinajstić information content (AvgIpc) is 3.16. The van der Waals surface area contributed by atoms with Crippen molar-refractivity contribution < 1.29 is 32.2 Å². The van der Waals surface area contributed by atoms with Crippen LogP contribution in [0.3, 0.4) is 0 Å². The van der Waals surface area contributed by atoms with E-state index in [-0.39, 0.29) is 11.5 Å². The molecule has 0 radical (unpaired) electrons. The zero-order valence-corrected chi connectivity index (χ0v) is 16.8. The summed E-state index contributed by atoms with van der Waals surface area (Å²) >= 11 is 0. The summed E-state index contributed by atoms with van der Waals surface area (Å²) in [6.07, 6.45) is -0.434. The summed E-state index contributed by atoms with van der Waals surface area (Å²) in [6.45, 7) is 1.58. The van der Waals surface area contributed by atoms with Crippen molar-refractivity contribution in [2.24, 2.45) is 0 Å². The maximum absolute atomic E-state index is 12.5. The standard InChI is InChI=1S/C20H21NO7S/c1-3-27-20(23)19-11-14-10-13(4-9-18(14)28-19)17(22)12-21-29(24,25)16-7-5-15(26-2)6-8-16/h4-10,19,21H,3,11-12H2,1-2H3. The lowest BCUT2D eigenvalue weighted by Crippen LogP contribution is -2.29. The van der Waals surface area contributed by atoms with E-state index in [1.165, 1.54) is 37.4 Å². The van der Waals surface area contributed by atoms with E-state index in [9.17, 15) is 18.0 Å². The summed E-state index contributed by atoms with van der Waals surface area (Å²) in [5.41, 5.74) is 1.03. The SMILES string of the molecule is CCOC(=O)C1Cc2cc(C(=O)CNS(=O)(=O)c3ccc(OC)cc3)ccc2O1. The van der Waals surface area contributed by atoms with E-state index in [2.05, 4.69) is 4.72 Å². The molecule has 0 aromatic heterocycles. The molecule has 0 amide bonds. The number of methoxy groups -OCH3 is 1. The van der Waals surface area contributed by atoms with Gasteiger partial charge in [0.15, 0.2) is 11.9 Å². The molecule has 0 spiro atoms. The summed E-state index contributed by atoms with van der Waals surface area (Å²) < 4.78 is 42.5. The predicted molar refractivity (Wildman–Crippen MR) is 104 cm³/mol. The molecule has 2 aromatic carbocycles. The molecule has 0 saturated carbocycles. The first-order valence-electron chi connectivity index (χ1n) is 8.97. The van der Waals surface area contributed by atoms with Crippen LogP contribution in [0.5, 0.6) is 11.5 Å². The number of benzene rings is 2. The number of Topliss-reactive ketones (excluding diaryl/α,β-unsaturated/α-hetero) is 1. The smallest absolute Gasteiger partial charge is 0.347 e. The second kappa shape index (κ2) is 8.62. The van der Waals surface area contributed by atoms with Gasteiger partial charge in [-0.25, -0.2) is 17.9 Å². The van der Waals surface area contributed by atoms with Gasteiger partial charge in [0.05, 0.1) is 25.2 Å². The second-order valence-corrected chi connectivity index (χ2v) is 8.08. The molecule has 8 nitrogen and oxygen atoms in total. The van der Waals surface area contributed by atoms with Crippen LogP contribution in [0, 0.1) is 0 Å².